The maximum atomic E-state index is 12.1. The zero-order valence-electron chi connectivity index (χ0n) is 12.9. The standard InChI is InChI=1S/C13H18N6O3/c1-8(11-6-17(4)16-9(11)2)15-13(20)7-18-10(3)12(5-14-18)19(21)22/h5-6,8H,7H2,1-4H3,(H,15,20). The highest BCUT2D eigenvalue weighted by Crippen LogP contribution is 2.17. The summed E-state index contributed by atoms with van der Waals surface area (Å²) in [6, 6.07) is -0.202. The quantitative estimate of drug-likeness (QED) is 0.655. The lowest BCUT2D eigenvalue weighted by Gasteiger charge is -2.13. The molecule has 2 heterocycles. The maximum absolute atomic E-state index is 12.1. The van der Waals surface area contributed by atoms with E-state index in [9.17, 15) is 14.9 Å². The van der Waals surface area contributed by atoms with E-state index in [4.69, 9.17) is 0 Å². The first-order valence-corrected chi connectivity index (χ1v) is 6.76. The van der Waals surface area contributed by atoms with Gasteiger partial charge < -0.3 is 5.32 Å². The SMILES string of the molecule is Cc1nn(C)cc1C(C)NC(=O)Cn1ncc([N+](=O)[O-])c1C. The Labute approximate surface area is 127 Å². The molecular weight excluding hydrogens is 288 g/mol. The van der Waals surface area contributed by atoms with Gasteiger partial charge in [-0.1, -0.05) is 0 Å². The van der Waals surface area contributed by atoms with E-state index in [0.29, 0.717) is 5.69 Å². The Hall–Kier alpha value is -2.71. The summed E-state index contributed by atoms with van der Waals surface area (Å²) in [7, 11) is 1.82. The fraction of sp³-hybridized carbons (Fsp3) is 0.462. The molecule has 2 rings (SSSR count). The molecule has 0 saturated heterocycles. The van der Waals surface area contributed by atoms with Crippen LogP contribution >= 0.6 is 0 Å². The highest BCUT2D eigenvalue weighted by atomic mass is 16.6. The van der Waals surface area contributed by atoms with Gasteiger partial charge in [0.1, 0.15) is 18.4 Å². The number of amides is 1. The van der Waals surface area contributed by atoms with E-state index in [1.54, 1.807) is 11.6 Å². The minimum atomic E-state index is -0.516. The molecule has 0 aliphatic carbocycles. The molecular formula is C13H18N6O3. The second-order valence-corrected chi connectivity index (χ2v) is 5.16. The van der Waals surface area contributed by atoms with Gasteiger partial charge >= 0.3 is 5.69 Å². The summed E-state index contributed by atoms with van der Waals surface area (Å²) in [5.74, 6) is -0.267. The number of aryl methyl sites for hydroxylation is 2. The van der Waals surface area contributed by atoms with Crippen molar-refractivity contribution in [3.63, 3.8) is 0 Å². The number of aromatic nitrogens is 4. The van der Waals surface area contributed by atoms with Gasteiger partial charge in [-0.25, -0.2) is 0 Å². The zero-order valence-corrected chi connectivity index (χ0v) is 12.9. The molecule has 22 heavy (non-hydrogen) atoms. The summed E-state index contributed by atoms with van der Waals surface area (Å²) in [4.78, 5) is 22.3. The molecule has 0 radical (unpaired) electrons. The summed E-state index contributed by atoms with van der Waals surface area (Å²) < 4.78 is 3.00. The predicted molar refractivity (Wildman–Crippen MR) is 78.1 cm³/mol. The summed E-state index contributed by atoms with van der Waals surface area (Å²) in [6.45, 7) is 5.23. The van der Waals surface area contributed by atoms with Crippen LogP contribution in [0, 0.1) is 24.0 Å². The second-order valence-electron chi connectivity index (χ2n) is 5.16. The maximum Gasteiger partial charge on any atom is 0.309 e. The molecule has 2 aromatic rings. The van der Waals surface area contributed by atoms with Gasteiger partial charge in [0.25, 0.3) is 0 Å². The number of rotatable bonds is 5. The van der Waals surface area contributed by atoms with Crippen molar-refractivity contribution in [2.45, 2.75) is 33.4 Å². The topological polar surface area (TPSA) is 108 Å². The normalized spacial score (nSPS) is 12.2. The van der Waals surface area contributed by atoms with Crippen molar-refractivity contribution in [3.05, 3.63) is 39.5 Å². The van der Waals surface area contributed by atoms with Crippen molar-refractivity contribution in [1.82, 2.24) is 24.9 Å². The average Bonchev–Trinajstić information content (AvgIpc) is 2.93. The molecule has 0 aliphatic rings. The molecule has 1 N–H and O–H groups in total. The van der Waals surface area contributed by atoms with Crippen LogP contribution in [0.2, 0.25) is 0 Å². The number of carbonyl (C=O) groups excluding carboxylic acids is 1. The van der Waals surface area contributed by atoms with Crippen molar-refractivity contribution in [2.24, 2.45) is 7.05 Å². The van der Waals surface area contributed by atoms with Crippen molar-refractivity contribution in [2.75, 3.05) is 0 Å². The molecule has 0 aliphatic heterocycles. The largest absolute Gasteiger partial charge is 0.348 e. The Morgan fingerprint density at radius 3 is 2.68 bits per heavy atom. The minimum Gasteiger partial charge on any atom is -0.348 e. The Kier molecular flexibility index (Phi) is 4.25. The number of carbonyl (C=O) groups is 1. The van der Waals surface area contributed by atoms with Crippen molar-refractivity contribution < 1.29 is 9.72 Å². The van der Waals surface area contributed by atoms with E-state index in [2.05, 4.69) is 15.5 Å². The number of nitrogens with zero attached hydrogens (tertiary/aromatic N) is 5. The van der Waals surface area contributed by atoms with Crippen LogP contribution in [0.5, 0.6) is 0 Å². The summed E-state index contributed by atoms with van der Waals surface area (Å²) >= 11 is 0. The highest BCUT2D eigenvalue weighted by Gasteiger charge is 2.19. The van der Waals surface area contributed by atoms with Crippen molar-refractivity contribution in [3.8, 4) is 0 Å². The third-order valence-corrected chi connectivity index (χ3v) is 3.46. The van der Waals surface area contributed by atoms with Crippen LogP contribution in [0.25, 0.3) is 0 Å². The second kappa shape index (κ2) is 5.96. The number of hydrogen-bond donors (Lipinski definition) is 1. The van der Waals surface area contributed by atoms with E-state index in [1.165, 1.54) is 4.68 Å². The molecule has 1 amide bonds. The molecule has 1 atom stereocenters. The smallest absolute Gasteiger partial charge is 0.309 e. The Balaban J connectivity index is 2.04. The Bertz CT molecular complexity index is 717. The lowest BCUT2D eigenvalue weighted by Crippen LogP contribution is -2.30. The number of nitrogens with one attached hydrogen (secondary N) is 1. The third kappa shape index (κ3) is 3.13. The van der Waals surface area contributed by atoms with Gasteiger partial charge in [-0.3, -0.25) is 24.3 Å². The lowest BCUT2D eigenvalue weighted by molar-refractivity contribution is -0.385. The first-order valence-electron chi connectivity index (χ1n) is 6.76. The minimum absolute atomic E-state index is 0.0661. The van der Waals surface area contributed by atoms with E-state index in [0.717, 1.165) is 17.5 Å². The van der Waals surface area contributed by atoms with Crippen molar-refractivity contribution >= 4 is 11.6 Å². The van der Waals surface area contributed by atoms with Crippen LogP contribution in [0.15, 0.2) is 12.4 Å². The van der Waals surface area contributed by atoms with Crippen LogP contribution in [0.4, 0.5) is 5.69 Å². The van der Waals surface area contributed by atoms with Crippen molar-refractivity contribution in [1.29, 1.82) is 0 Å². The highest BCUT2D eigenvalue weighted by molar-refractivity contribution is 5.76. The number of nitro groups is 1. The monoisotopic (exact) mass is 306 g/mol. The molecule has 1 unspecified atom stereocenters. The van der Waals surface area contributed by atoms with E-state index >= 15 is 0 Å². The molecule has 9 nitrogen and oxygen atoms in total. The van der Waals surface area contributed by atoms with Gasteiger partial charge in [0, 0.05) is 18.8 Å². The molecule has 0 fully saturated rings. The van der Waals surface area contributed by atoms with Crippen LogP contribution in [0.3, 0.4) is 0 Å². The Morgan fingerprint density at radius 2 is 2.18 bits per heavy atom. The van der Waals surface area contributed by atoms with Gasteiger partial charge in [0.05, 0.1) is 16.7 Å². The van der Waals surface area contributed by atoms with E-state index < -0.39 is 4.92 Å². The van der Waals surface area contributed by atoms with Gasteiger partial charge in [0.2, 0.25) is 5.91 Å². The summed E-state index contributed by atoms with van der Waals surface area (Å²) in [5.41, 5.74) is 2.04. The fourth-order valence-corrected chi connectivity index (χ4v) is 2.32. The molecule has 0 bridgehead atoms. The van der Waals surface area contributed by atoms with E-state index in [-0.39, 0.29) is 24.2 Å². The van der Waals surface area contributed by atoms with Gasteiger partial charge in [-0.15, -0.1) is 0 Å². The van der Waals surface area contributed by atoms with Gasteiger partial charge in [-0.05, 0) is 20.8 Å². The van der Waals surface area contributed by atoms with Crippen LogP contribution in [-0.4, -0.2) is 30.4 Å². The molecule has 0 spiro atoms. The zero-order chi connectivity index (χ0) is 16.4. The first kappa shape index (κ1) is 15.7. The van der Waals surface area contributed by atoms with E-state index in [1.807, 2.05) is 27.1 Å². The lowest BCUT2D eigenvalue weighted by atomic mass is 10.1. The average molecular weight is 306 g/mol. The van der Waals surface area contributed by atoms with Gasteiger partial charge in [-0.2, -0.15) is 10.2 Å². The van der Waals surface area contributed by atoms with Crippen LogP contribution in [0.1, 0.15) is 29.9 Å². The molecule has 0 saturated carbocycles. The van der Waals surface area contributed by atoms with Crippen LogP contribution < -0.4 is 5.32 Å². The third-order valence-electron chi connectivity index (χ3n) is 3.46. The first-order chi connectivity index (χ1) is 10.3. The summed E-state index contributed by atoms with van der Waals surface area (Å²) in [5, 5.41) is 21.7. The molecule has 2 aromatic heterocycles. The Morgan fingerprint density at radius 1 is 1.50 bits per heavy atom. The van der Waals surface area contributed by atoms with Crippen LogP contribution in [-0.2, 0) is 18.4 Å². The predicted octanol–water partition coefficient (Wildman–Crippen LogP) is 1.02. The summed E-state index contributed by atoms with van der Waals surface area (Å²) in [6.07, 6.45) is 3.00. The molecule has 0 aromatic carbocycles. The molecule has 118 valence electrons. The fourth-order valence-electron chi connectivity index (χ4n) is 2.32. The van der Waals surface area contributed by atoms with Gasteiger partial charge in [0.15, 0.2) is 0 Å². The molecule has 9 heteroatoms. The number of hydrogen-bond acceptors (Lipinski definition) is 5.